The summed E-state index contributed by atoms with van der Waals surface area (Å²) in [5, 5.41) is 9.03. The van der Waals surface area contributed by atoms with Gasteiger partial charge in [-0.15, -0.1) is 0 Å². The molecular weight excluding hydrogens is 320 g/mol. The molecule has 1 aromatic heterocycles. The third-order valence-electron chi connectivity index (χ3n) is 4.45. The molecule has 1 aliphatic rings. The van der Waals surface area contributed by atoms with Crippen molar-refractivity contribution in [3.63, 3.8) is 0 Å². The third-order valence-corrected chi connectivity index (χ3v) is 4.45. The molecule has 0 bridgehead atoms. The normalized spacial score (nSPS) is 18.8. The number of aromatic nitrogens is 1. The molecule has 124 valence electrons. The minimum absolute atomic E-state index is 0.626. The first kappa shape index (κ1) is 15.9. The van der Waals surface area contributed by atoms with Crippen LogP contribution in [0.5, 0.6) is 0 Å². The van der Waals surface area contributed by atoms with Crippen LogP contribution in [0, 0.1) is 11.3 Å². The lowest BCUT2D eigenvalue weighted by atomic mass is 10.0. The lowest BCUT2D eigenvalue weighted by molar-refractivity contribution is 0.541. The first-order valence-electron chi connectivity index (χ1n) is 8.36. The molecule has 4 heteroatoms. The van der Waals surface area contributed by atoms with Gasteiger partial charge in [0.2, 0.25) is 0 Å². The van der Waals surface area contributed by atoms with Gasteiger partial charge in [0.1, 0.15) is 0 Å². The molecule has 0 fully saturated rings. The number of pyridine rings is 1. The van der Waals surface area contributed by atoms with E-state index in [1.165, 1.54) is 0 Å². The molecule has 0 N–H and O–H groups in total. The van der Waals surface area contributed by atoms with Gasteiger partial charge in [-0.25, -0.2) is 9.98 Å². The average molecular weight is 336 g/mol. The van der Waals surface area contributed by atoms with Gasteiger partial charge in [-0.2, -0.15) is 5.26 Å². The Morgan fingerprint density at radius 3 is 1.92 bits per heavy atom. The van der Waals surface area contributed by atoms with E-state index < -0.39 is 5.66 Å². The summed E-state index contributed by atoms with van der Waals surface area (Å²) in [7, 11) is 0. The highest BCUT2D eigenvalue weighted by atomic mass is 15.1. The van der Waals surface area contributed by atoms with E-state index in [4.69, 9.17) is 15.2 Å². The largest absolute Gasteiger partial charge is 0.265 e. The minimum atomic E-state index is -0.724. The standard InChI is InChI=1S/C22H16N4/c1-22(19-9-7-16(15-23)8-10-19)25-20(17-5-3-2-4-6-17)21(26-22)18-11-13-24-14-12-18/h2-14H,1H3. The highest BCUT2D eigenvalue weighted by Gasteiger charge is 2.34. The lowest BCUT2D eigenvalue weighted by Gasteiger charge is -2.18. The number of rotatable bonds is 3. The van der Waals surface area contributed by atoms with E-state index >= 15 is 0 Å². The van der Waals surface area contributed by atoms with Crippen LogP contribution in [0.25, 0.3) is 0 Å². The first-order chi connectivity index (χ1) is 12.7. The summed E-state index contributed by atoms with van der Waals surface area (Å²) >= 11 is 0. The van der Waals surface area contributed by atoms with Gasteiger partial charge in [0.25, 0.3) is 0 Å². The molecule has 1 unspecified atom stereocenters. The van der Waals surface area contributed by atoms with Crippen molar-refractivity contribution in [2.24, 2.45) is 9.98 Å². The summed E-state index contributed by atoms with van der Waals surface area (Å²) in [4.78, 5) is 14.1. The quantitative estimate of drug-likeness (QED) is 0.722. The van der Waals surface area contributed by atoms with E-state index in [2.05, 4.69) is 11.1 Å². The summed E-state index contributed by atoms with van der Waals surface area (Å²) < 4.78 is 0. The molecule has 0 radical (unpaired) electrons. The van der Waals surface area contributed by atoms with Crippen molar-refractivity contribution >= 4 is 11.4 Å². The fraction of sp³-hybridized carbons (Fsp3) is 0.0909. The Bertz CT molecular complexity index is 972. The summed E-state index contributed by atoms with van der Waals surface area (Å²) in [5.41, 5.74) is 4.59. The van der Waals surface area contributed by atoms with Gasteiger partial charge in [0, 0.05) is 29.1 Å². The molecular formula is C22H16N4. The molecule has 4 rings (SSSR count). The molecule has 0 saturated carbocycles. The van der Waals surface area contributed by atoms with Crippen LogP contribution >= 0.6 is 0 Å². The number of aliphatic imine (C=N–C) groups is 2. The Balaban J connectivity index is 1.87. The number of benzene rings is 2. The smallest absolute Gasteiger partial charge is 0.174 e. The van der Waals surface area contributed by atoms with Gasteiger partial charge in [0.15, 0.2) is 5.66 Å². The van der Waals surface area contributed by atoms with Crippen molar-refractivity contribution in [3.05, 3.63) is 101 Å². The lowest BCUT2D eigenvalue weighted by Crippen LogP contribution is -2.13. The van der Waals surface area contributed by atoms with Crippen LogP contribution in [0.1, 0.15) is 29.2 Å². The van der Waals surface area contributed by atoms with Gasteiger partial charge in [-0.3, -0.25) is 4.98 Å². The van der Waals surface area contributed by atoms with Crippen molar-refractivity contribution in [2.45, 2.75) is 12.6 Å². The van der Waals surface area contributed by atoms with Gasteiger partial charge in [-0.05, 0) is 31.2 Å². The van der Waals surface area contributed by atoms with Crippen molar-refractivity contribution in [3.8, 4) is 6.07 Å². The van der Waals surface area contributed by atoms with Crippen LogP contribution in [0.3, 0.4) is 0 Å². The highest BCUT2D eigenvalue weighted by Crippen LogP contribution is 2.34. The molecule has 1 aliphatic heterocycles. The van der Waals surface area contributed by atoms with Gasteiger partial charge < -0.3 is 0 Å². The Kier molecular flexibility index (Phi) is 3.91. The summed E-state index contributed by atoms with van der Waals surface area (Å²) in [6.45, 7) is 1.99. The van der Waals surface area contributed by atoms with Gasteiger partial charge in [-0.1, -0.05) is 42.5 Å². The van der Waals surface area contributed by atoms with Crippen molar-refractivity contribution in [2.75, 3.05) is 0 Å². The van der Waals surface area contributed by atoms with Crippen LogP contribution in [-0.4, -0.2) is 16.4 Å². The van der Waals surface area contributed by atoms with E-state index in [0.717, 1.165) is 28.1 Å². The SMILES string of the molecule is CC1(c2ccc(C#N)cc2)N=C(c2ccccc2)C(c2ccncc2)=N1. The number of nitriles is 1. The van der Waals surface area contributed by atoms with E-state index in [9.17, 15) is 0 Å². The molecule has 0 spiro atoms. The van der Waals surface area contributed by atoms with E-state index in [-0.39, 0.29) is 0 Å². The molecule has 0 saturated heterocycles. The monoisotopic (exact) mass is 336 g/mol. The number of nitrogens with zero attached hydrogens (tertiary/aromatic N) is 4. The molecule has 2 heterocycles. The van der Waals surface area contributed by atoms with Crippen molar-refractivity contribution < 1.29 is 0 Å². The van der Waals surface area contributed by atoms with Crippen LogP contribution in [0.4, 0.5) is 0 Å². The number of hydrogen-bond donors (Lipinski definition) is 0. The molecule has 3 aromatic rings. The van der Waals surface area contributed by atoms with E-state index in [1.807, 2.05) is 61.5 Å². The van der Waals surface area contributed by atoms with Crippen molar-refractivity contribution in [1.82, 2.24) is 4.98 Å². The highest BCUT2D eigenvalue weighted by molar-refractivity contribution is 6.54. The zero-order chi connectivity index (χ0) is 18.0. The molecule has 0 aliphatic carbocycles. The number of hydrogen-bond acceptors (Lipinski definition) is 4. The summed E-state index contributed by atoms with van der Waals surface area (Å²) in [6.07, 6.45) is 3.52. The maximum Gasteiger partial charge on any atom is 0.174 e. The Labute approximate surface area is 152 Å². The second kappa shape index (κ2) is 6.38. The maximum atomic E-state index is 9.03. The molecule has 26 heavy (non-hydrogen) atoms. The third kappa shape index (κ3) is 2.80. The van der Waals surface area contributed by atoms with Gasteiger partial charge >= 0.3 is 0 Å². The maximum absolute atomic E-state index is 9.03. The van der Waals surface area contributed by atoms with Crippen LogP contribution in [0.2, 0.25) is 0 Å². The Hall–Kier alpha value is -3.58. The van der Waals surface area contributed by atoms with Gasteiger partial charge in [0.05, 0.1) is 23.1 Å². The fourth-order valence-electron chi connectivity index (χ4n) is 3.06. The van der Waals surface area contributed by atoms with Crippen LogP contribution in [-0.2, 0) is 5.66 Å². The predicted octanol–water partition coefficient (Wildman–Crippen LogP) is 4.12. The zero-order valence-corrected chi connectivity index (χ0v) is 14.3. The molecule has 2 aromatic carbocycles. The second-order valence-corrected chi connectivity index (χ2v) is 6.23. The van der Waals surface area contributed by atoms with E-state index in [0.29, 0.717) is 5.56 Å². The summed E-state index contributed by atoms with van der Waals surface area (Å²) in [5.74, 6) is 0. The zero-order valence-electron chi connectivity index (χ0n) is 14.3. The summed E-state index contributed by atoms with van der Waals surface area (Å²) in [6, 6.07) is 23.6. The topological polar surface area (TPSA) is 61.4 Å². The first-order valence-corrected chi connectivity index (χ1v) is 8.36. The minimum Gasteiger partial charge on any atom is -0.265 e. The van der Waals surface area contributed by atoms with E-state index in [1.54, 1.807) is 24.5 Å². The average Bonchev–Trinajstić information content (AvgIpc) is 3.08. The van der Waals surface area contributed by atoms with Crippen LogP contribution < -0.4 is 0 Å². The Morgan fingerprint density at radius 2 is 1.35 bits per heavy atom. The molecule has 4 nitrogen and oxygen atoms in total. The van der Waals surface area contributed by atoms with Crippen molar-refractivity contribution in [1.29, 1.82) is 5.26 Å². The van der Waals surface area contributed by atoms with Crippen LogP contribution in [0.15, 0.2) is 89.1 Å². The molecule has 0 amide bonds. The predicted molar refractivity (Wildman–Crippen MR) is 102 cm³/mol. The fourth-order valence-corrected chi connectivity index (χ4v) is 3.06. The molecule has 1 atom stereocenters. The Morgan fingerprint density at radius 1 is 0.769 bits per heavy atom. The second-order valence-electron chi connectivity index (χ2n) is 6.23.